The zero-order chi connectivity index (χ0) is 14.4. The third kappa shape index (κ3) is 4.51. The number of nitrogens with two attached hydrogens (primary N) is 1. The third-order valence-corrected chi connectivity index (χ3v) is 3.45. The molecular formula is C16H17ClN2S. The van der Waals surface area contributed by atoms with Gasteiger partial charge in [-0.1, -0.05) is 54.2 Å². The van der Waals surface area contributed by atoms with Gasteiger partial charge < -0.3 is 10.6 Å². The van der Waals surface area contributed by atoms with Gasteiger partial charge in [-0.2, -0.15) is 0 Å². The average Bonchev–Trinajstić information content (AvgIpc) is 2.44. The van der Waals surface area contributed by atoms with Gasteiger partial charge >= 0.3 is 0 Å². The van der Waals surface area contributed by atoms with Gasteiger partial charge in [0.05, 0.1) is 4.99 Å². The van der Waals surface area contributed by atoms with E-state index in [9.17, 15) is 0 Å². The summed E-state index contributed by atoms with van der Waals surface area (Å²) in [4.78, 5) is 2.79. The first kappa shape index (κ1) is 14.8. The second kappa shape index (κ2) is 7.27. The molecule has 0 radical (unpaired) electrons. The molecule has 2 nitrogen and oxygen atoms in total. The van der Waals surface area contributed by atoms with Crippen LogP contribution < -0.4 is 10.6 Å². The fourth-order valence-electron chi connectivity index (χ4n) is 2.04. The molecule has 2 aromatic carbocycles. The lowest BCUT2D eigenvalue weighted by atomic mass is 10.2. The van der Waals surface area contributed by atoms with Crippen molar-refractivity contribution in [2.24, 2.45) is 5.73 Å². The Morgan fingerprint density at radius 3 is 2.50 bits per heavy atom. The molecule has 0 fully saturated rings. The minimum Gasteiger partial charge on any atom is -0.393 e. The van der Waals surface area contributed by atoms with Gasteiger partial charge in [0.1, 0.15) is 0 Å². The summed E-state index contributed by atoms with van der Waals surface area (Å²) in [6.07, 6.45) is 0.699. The molecular weight excluding hydrogens is 288 g/mol. The SMILES string of the molecule is NC(=S)CCN(Cc1cccc(Cl)c1)c1ccccc1. The normalized spacial score (nSPS) is 10.2. The van der Waals surface area contributed by atoms with Gasteiger partial charge in [-0.15, -0.1) is 0 Å². The molecule has 104 valence electrons. The van der Waals surface area contributed by atoms with Crippen LogP contribution in [0.15, 0.2) is 54.6 Å². The largest absolute Gasteiger partial charge is 0.393 e. The Kier molecular flexibility index (Phi) is 5.39. The Morgan fingerprint density at radius 2 is 1.85 bits per heavy atom. The smallest absolute Gasteiger partial charge is 0.0745 e. The molecule has 2 aromatic rings. The lowest BCUT2D eigenvalue weighted by molar-refractivity contribution is 0.807. The van der Waals surface area contributed by atoms with Crippen LogP contribution in [-0.4, -0.2) is 11.5 Å². The first-order valence-corrected chi connectivity index (χ1v) is 7.26. The summed E-state index contributed by atoms with van der Waals surface area (Å²) in [6, 6.07) is 18.1. The van der Waals surface area contributed by atoms with E-state index in [-0.39, 0.29) is 0 Å². The van der Waals surface area contributed by atoms with E-state index in [1.165, 1.54) is 5.56 Å². The van der Waals surface area contributed by atoms with Crippen LogP contribution in [-0.2, 0) is 6.54 Å². The second-order valence-corrected chi connectivity index (χ2v) is 5.56. The van der Waals surface area contributed by atoms with Crippen molar-refractivity contribution in [2.45, 2.75) is 13.0 Å². The quantitative estimate of drug-likeness (QED) is 0.817. The van der Waals surface area contributed by atoms with Crippen molar-refractivity contribution in [3.8, 4) is 0 Å². The van der Waals surface area contributed by atoms with Gasteiger partial charge in [-0.3, -0.25) is 0 Å². The van der Waals surface area contributed by atoms with Crippen LogP contribution in [0.5, 0.6) is 0 Å². The van der Waals surface area contributed by atoms with E-state index in [2.05, 4.69) is 23.1 Å². The lowest BCUT2D eigenvalue weighted by Gasteiger charge is -2.25. The Hall–Kier alpha value is -1.58. The van der Waals surface area contributed by atoms with Gasteiger partial charge in [0.2, 0.25) is 0 Å². The van der Waals surface area contributed by atoms with E-state index in [0.717, 1.165) is 23.8 Å². The Balaban J connectivity index is 2.16. The summed E-state index contributed by atoms with van der Waals surface area (Å²) in [7, 11) is 0. The number of rotatable bonds is 6. The number of hydrogen-bond donors (Lipinski definition) is 1. The van der Waals surface area contributed by atoms with Crippen LogP contribution in [0.1, 0.15) is 12.0 Å². The van der Waals surface area contributed by atoms with Crippen molar-refractivity contribution in [3.63, 3.8) is 0 Å². The molecule has 4 heteroatoms. The minimum atomic E-state index is 0.539. The molecule has 0 saturated heterocycles. The first-order valence-electron chi connectivity index (χ1n) is 6.48. The zero-order valence-corrected chi connectivity index (χ0v) is 12.7. The summed E-state index contributed by atoms with van der Waals surface area (Å²) >= 11 is 11.0. The minimum absolute atomic E-state index is 0.539. The summed E-state index contributed by atoms with van der Waals surface area (Å²) in [5.41, 5.74) is 7.95. The molecule has 0 aromatic heterocycles. The predicted octanol–water partition coefficient (Wildman–Crippen LogP) is 4.02. The topological polar surface area (TPSA) is 29.3 Å². The van der Waals surface area contributed by atoms with Crippen LogP contribution in [0.2, 0.25) is 5.02 Å². The number of thiocarbonyl (C=S) groups is 1. The van der Waals surface area contributed by atoms with Gasteiger partial charge in [-0.25, -0.2) is 0 Å². The van der Waals surface area contributed by atoms with Crippen molar-refractivity contribution in [1.29, 1.82) is 0 Å². The monoisotopic (exact) mass is 304 g/mol. The lowest BCUT2D eigenvalue weighted by Crippen LogP contribution is -2.27. The molecule has 0 spiro atoms. The van der Waals surface area contributed by atoms with Crippen LogP contribution in [0.25, 0.3) is 0 Å². The summed E-state index contributed by atoms with van der Waals surface area (Å²) in [5, 5.41) is 0.754. The molecule has 0 aliphatic rings. The molecule has 0 amide bonds. The fourth-order valence-corrected chi connectivity index (χ4v) is 2.34. The number of nitrogens with zero attached hydrogens (tertiary/aromatic N) is 1. The number of anilines is 1. The number of halogens is 1. The van der Waals surface area contributed by atoms with Crippen LogP contribution in [0.4, 0.5) is 5.69 Å². The standard InChI is InChI=1S/C16H17ClN2S/c17-14-6-4-5-13(11-14)12-19(10-9-16(18)20)15-7-2-1-3-8-15/h1-8,11H,9-10,12H2,(H2,18,20). The van der Waals surface area contributed by atoms with Crippen LogP contribution in [0, 0.1) is 0 Å². The predicted molar refractivity (Wildman–Crippen MR) is 90.3 cm³/mol. The first-order chi connectivity index (χ1) is 9.65. The van der Waals surface area contributed by atoms with E-state index in [0.29, 0.717) is 11.4 Å². The molecule has 0 unspecified atom stereocenters. The maximum atomic E-state index is 6.04. The highest BCUT2D eigenvalue weighted by atomic mass is 35.5. The summed E-state index contributed by atoms with van der Waals surface area (Å²) in [6.45, 7) is 1.58. The molecule has 2 N–H and O–H groups in total. The van der Waals surface area contributed by atoms with Crippen molar-refractivity contribution < 1.29 is 0 Å². The fraction of sp³-hybridized carbons (Fsp3) is 0.188. The Bertz CT molecular complexity index is 572. The molecule has 0 aliphatic carbocycles. The number of hydrogen-bond acceptors (Lipinski definition) is 2. The van der Waals surface area contributed by atoms with Crippen molar-refractivity contribution in [1.82, 2.24) is 0 Å². The molecule has 2 rings (SSSR count). The zero-order valence-electron chi connectivity index (χ0n) is 11.1. The van der Waals surface area contributed by atoms with E-state index in [1.807, 2.05) is 36.4 Å². The maximum absolute atomic E-state index is 6.04. The summed E-state index contributed by atoms with van der Waals surface area (Å²) in [5.74, 6) is 0. The van der Waals surface area contributed by atoms with Gasteiger partial charge in [0, 0.05) is 30.2 Å². The number of para-hydroxylation sites is 1. The maximum Gasteiger partial charge on any atom is 0.0745 e. The van der Waals surface area contributed by atoms with E-state index < -0.39 is 0 Å². The van der Waals surface area contributed by atoms with E-state index in [1.54, 1.807) is 0 Å². The number of benzene rings is 2. The van der Waals surface area contributed by atoms with Crippen molar-refractivity contribution in [2.75, 3.05) is 11.4 Å². The van der Waals surface area contributed by atoms with E-state index in [4.69, 9.17) is 29.6 Å². The average molecular weight is 305 g/mol. The second-order valence-electron chi connectivity index (χ2n) is 4.60. The molecule has 0 saturated carbocycles. The molecule has 0 heterocycles. The Labute approximate surface area is 130 Å². The highest BCUT2D eigenvalue weighted by Crippen LogP contribution is 2.19. The van der Waals surface area contributed by atoms with Gasteiger partial charge in [-0.05, 0) is 29.8 Å². The summed E-state index contributed by atoms with van der Waals surface area (Å²) < 4.78 is 0. The van der Waals surface area contributed by atoms with Crippen LogP contribution >= 0.6 is 23.8 Å². The van der Waals surface area contributed by atoms with Crippen molar-refractivity contribution in [3.05, 3.63) is 65.2 Å². The molecule has 0 atom stereocenters. The van der Waals surface area contributed by atoms with Gasteiger partial charge in [0.25, 0.3) is 0 Å². The molecule has 20 heavy (non-hydrogen) atoms. The molecule has 0 bridgehead atoms. The van der Waals surface area contributed by atoms with Crippen LogP contribution in [0.3, 0.4) is 0 Å². The van der Waals surface area contributed by atoms with E-state index >= 15 is 0 Å². The highest BCUT2D eigenvalue weighted by molar-refractivity contribution is 7.80. The third-order valence-electron chi connectivity index (χ3n) is 3.01. The molecule has 0 aliphatic heterocycles. The van der Waals surface area contributed by atoms with Crippen molar-refractivity contribution >= 4 is 34.5 Å². The van der Waals surface area contributed by atoms with Gasteiger partial charge in [0.15, 0.2) is 0 Å². The highest BCUT2D eigenvalue weighted by Gasteiger charge is 2.08. The Morgan fingerprint density at radius 1 is 1.10 bits per heavy atom.